The first kappa shape index (κ1) is 11.8. The lowest BCUT2D eigenvalue weighted by Gasteiger charge is -2.21. The van der Waals surface area contributed by atoms with E-state index in [0.29, 0.717) is 0 Å². The fraction of sp³-hybridized carbons (Fsp3) is 0.400. The fourth-order valence-electron chi connectivity index (χ4n) is 3.34. The van der Waals surface area contributed by atoms with Crippen LogP contribution < -0.4 is 12.4 Å². The molecule has 0 fully saturated rings. The minimum Gasteiger partial charge on any atom is -1.00 e. The van der Waals surface area contributed by atoms with Gasteiger partial charge in [0.15, 0.2) is 0 Å². The quantitative estimate of drug-likeness (QED) is 0.644. The molecule has 0 unspecified atom stereocenters. The maximum Gasteiger partial charge on any atom is 1.00 e. The molecule has 1 aliphatic carbocycles. The molecule has 2 heterocycles. The second-order valence-corrected chi connectivity index (χ2v) is 5.18. The van der Waals surface area contributed by atoms with Crippen molar-refractivity contribution in [3.63, 3.8) is 0 Å². The molecule has 0 radical (unpaired) electrons. The van der Waals surface area contributed by atoms with Crippen molar-refractivity contribution in [3.05, 3.63) is 35.0 Å². The molecule has 0 saturated heterocycles. The highest BCUT2D eigenvalue weighted by Gasteiger charge is 2.26. The van der Waals surface area contributed by atoms with Crippen molar-refractivity contribution in [2.75, 3.05) is 6.54 Å². The van der Waals surface area contributed by atoms with Crippen molar-refractivity contribution in [1.29, 1.82) is 0 Å². The summed E-state index contributed by atoms with van der Waals surface area (Å²) in [5.41, 5.74) is 7.12. The molecule has 4 rings (SSSR count). The lowest BCUT2D eigenvalue weighted by Crippen LogP contribution is -3.00. The molecule has 2 nitrogen and oxygen atoms in total. The van der Waals surface area contributed by atoms with Gasteiger partial charge in [-0.15, -0.1) is 0 Å². The first-order valence-electron chi connectivity index (χ1n) is 6.50. The molecule has 0 spiro atoms. The van der Waals surface area contributed by atoms with Crippen molar-refractivity contribution in [2.24, 2.45) is 4.99 Å². The van der Waals surface area contributed by atoms with Crippen LogP contribution in [-0.2, 0) is 13.0 Å². The number of hydrogen-bond donors (Lipinski definition) is 0. The zero-order valence-electron chi connectivity index (χ0n) is 11.5. The lowest BCUT2D eigenvalue weighted by molar-refractivity contribution is -0.00000348. The van der Waals surface area contributed by atoms with Crippen LogP contribution in [0.15, 0.2) is 23.2 Å². The van der Waals surface area contributed by atoms with E-state index in [4.69, 9.17) is 4.99 Å². The van der Waals surface area contributed by atoms with E-state index in [1.165, 1.54) is 47.1 Å². The van der Waals surface area contributed by atoms with E-state index < -0.39 is 0 Å². The topological polar surface area (TPSA) is 17.3 Å². The summed E-state index contributed by atoms with van der Waals surface area (Å²) in [6.45, 7) is 4.19. The molecule has 1 aromatic heterocycles. The summed E-state index contributed by atoms with van der Waals surface area (Å²) in [6.07, 6.45) is 3.66. The third-order valence-corrected chi connectivity index (χ3v) is 4.06. The van der Waals surface area contributed by atoms with Crippen LogP contribution in [0.2, 0.25) is 0 Å². The molecule has 0 saturated carbocycles. The van der Waals surface area contributed by atoms with Gasteiger partial charge < -0.3 is 17.0 Å². The summed E-state index contributed by atoms with van der Waals surface area (Å²) in [5.74, 6) is 0. The summed E-state index contributed by atoms with van der Waals surface area (Å²) < 4.78 is 2.49. The summed E-state index contributed by atoms with van der Waals surface area (Å²) in [4.78, 5) is 4.71. The maximum absolute atomic E-state index is 4.71. The van der Waals surface area contributed by atoms with Crippen LogP contribution in [0.25, 0.3) is 10.9 Å². The summed E-state index contributed by atoms with van der Waals surface area (Å²) in [5, 5.41) is 1.47. The van der Waals surface area contributed by atoms with Gasteiger partial charge in [-0.05, 0) is 43.9 Å². The van der Waals surface area contributed by atoms with Gasteiger partial charge in [-0.25, -0.2) is 0 Å². The first-order chi connectivity index (χ1) is 8.34. The SMILES string of the molecule is Cc1ccc2c(c1)c1c3n2CCN=C3CCC1.[Cl-].[H+]. The summed E-state index contributed by atoms with van der Waals surface area (Å²) in [7, 11) is 0. The van der Waals surface area contributed by atoms with Crippen LogP contribution in [0.3, 0.4) is 0 Å². The molecule has 3 heteroatoms. The van der Waals surface area contributed by atoms with Crippen LogP contribution in [-0.4, -0.2) is 16.8 Å². The molecule has 0 N–H and O–H groups in total. The van der Waals surface area contributed by atoms with Gasteiger partial charge in [0.05, 0.1) is 18.0 Å². The van der Waals surface area contributed by atoms with E-state index in [0.717, 1.165) is 13.1 Å². The Morgan fingerprint density at radius 2 is 2.17 bits per heavy atom. The molecule has 2 aliphatic rings. The average molecular weight is 261 g/mol. The zero-order chi connectivity index (χ0) is 11.4. The van der Waals surface area contributed by atoms with Gasteiger partial charge in [-0.2, -0.15) is 0 Å². The molecular weight excluding hydrogens is 244 g/mol. The minimum atomic E-state index is 0. The normalized spacial score (nSPS) is 17.1. The molecule has 18 heavy (non-hydrogen) atoms. The number of aryl methyl sites for hydroxylation is 2. The van der Waals surface area contributed by atoms with Crippen LogP contribution in [0.5, 0.6) is 0 Å². The maximum atomic E-state index is 4.71. The number of halogens is 1. The Morgan fingerprint density at radius 1 is 1.28 bits per heavy atom. The van der Waals surface area contributed by atoms with Crippen LogP contribution >= 0.6 is 0 Å². The molecule has 2 aromatic rings. The van der Waals surface area contributed by atoms with E-state index in [2.05, 4.69) is 29.7 Å². The number of fused-ring (bicyclic) bond motifs is 3. The standard InChI is InChI=1S/C15H16N2.ClH/c1-10-5-6-14-12(9-10)11-3-2-4-13-15(11)17(14)8-7-16-13;/h5-6,9H,2-4,7-8H2,1H3;1H. The average Bonchev–Trinajstić information content (AvgIpc) is 2.67. The highest BCUT2D eigenvalue weighted by molar-refractivity contribution is 6.07. The van der Waals surface area contributed by atoms with Gasteiger partial charge in [0, 0.05) is 17.4 Å². The zero-order valence-corrected chi connectivity index (χ0v) is 11.3. The van der Waals surface area contributed by atoms with Crippen LogP contribution in [0, 0.1) is 6.92 Å². The van der Waals surface area contributed by atoms with Gasteiger partial charge in [-0.3, -0.25) is 4.99 Å². The summed E-state index contributed by atoms with van der Waals surface area (Å²) in [6, 6.07) is 6.85. The van der Waals surface area contributed by atoms with Crippen molar-refractivity contribution >= 4 is 16.6 Å². The number of rotatable bonds is 0. The first-order valence-corrected chi connectivity index (χ1v) is 6.50. The van der Waals surface area contributed by atoms with Gasteiger partial charge in [0.25, 0.3) is 0 Å². The van der Waals surface area contributed by atoms with E-state index in [9.17, 15) is 0 Å². The predicted molar refractivity (Wildman–Crippen MR) is 72.1 cm³/mol. The second kappa shape index (κ2) is 4.13. The largest absolute Gasteiger partial charge is 1.00 e. The van der Waals surface area contributed by atoms with Crippen molar-refractivity contribution in [3.8, 4) is 0 Å². The van der Waals surface area contributed by atoms with Gasteiger partial charge in [-0.1, -0.05) is 11.6 Å². The Bertz CT molecular complexity index is 658. The second-order valence-electron chi connectivity index (χ2n) is 5.18. The van der Waals surface area contributed by atoms with E-state index >= 15 is 0 Å². The van der Waals surface area contributed by atoms with Crippen molar-refractivity contribution in [2.45, 2.75) is 32.7 Å². The minimum absolute atomic E-state index is 0. The van der Waals surface area contributed by atoms with E-state index in [-0.39, 0.29) is 13.8 Å². The fourth-order valence-corrected chi connectivity index (χ4v) is 3.34. The highest BCUT2D eigenvalue weighted by Crippen LogP contribution is 2.34. The molecule has 1 aliphatic heterocycles. The van der Waals surface area contributed by atoms with Crippen LogP contribution in [0.1, 0.15) is 31.1 Å². The van der Waals surface area contributed by atoms with Crippen molar-refractivity contribution in [1.82, 2.24) is 4.57 Å². The molecule has 0 bridgehead atoms. The number of aliphatic imine (C=N–C) groups is 1. The molecule has 0 atom stereocenters. The smallest absolute Gasteiger partial charge is 1.00 e. The van der Waals surface area contributed by atoms with Gasteiger partial charge in [0.1, 0.15) is 0 Å². The molecule has 1 aromatic carbocycles. The Balaban J connectivity index is 0.000000667. The highest BCUT2D eigenvalue weighted by atomic mass is 35.5. The number of benzene rings is 1. The third kappa shape index (κ3) is 1.45. The number of nitrogens with zero attached hydrogens (tertiary/aromatic N) is 2. The Morgan fingerprint density at radius 3 is 3.06 bits per heavy atom. The number of aromatic nitrogens is 1. The Kier molecular flexibility index (Phi) is 2.70. The van der Waals surface area contributed by atoms with E-state index in [1.54, 1.807) is 5.56 Å². The predicted octanol–water partition coefficient (Wildman–Crippen LogP) is 0.205. The Hall–Kier alpha value is -1.28. The van der Waals surface area contributed by atoms with Gasteiger partial charge in [0.2, 0.25) is 0 Å². The van der Waals surface area contributed by atoms with Gasteiger partial charge >= 0.3 is 1.43 Å². The van der Waals surface area contributed by atoms with E-state index in [1.807, 2.05) is 0 Å². The van der Waals surface area contributed by atoms with Crippen molar-refractivity contribution < 1.29 is 13.8 Å². The third-order valence-electron chi connectivity index (χ3n) is 4.06. The van der Waals surface area contributed by atoms with Crippen LogP contribution in [0.4, 0.5) is 0 Å². The molecule has 94 valence electrons. The summed E-state index contributed by atoms with van der Waals surface area (Å²) >= 11 is 0. The monoisotopic (exact) mass is 260 g/mol. The molecular formula is C15H17ClN2. The molecule has 0 amide bonds. The number of hydrogen-bond acceptors (Lipinski definition) is 1. The Labute approximate surface area is 115 Å². The lowest BCUT2D eigenvalue weighted by atomic mass is 9.93.